The van der Waals surface area contributed by atoms with Crippen LogP contribution in [0.3, 0.4) is 0 Å². The molecule has 1 aromatic rings. The first kappa shape index (κ1) is 8.90. The Morgan fingerprint density at radius 2 is 2.38 bits per heavy atom. The molecule has 2 rings (SSSR count). The second kappa shape index (κ2) is 3.59. The van der Waals surface area contributed by atoms with Crippen LogP contribution < -0.4 is 10.1 Å². The van der Waals surface area contributed by atoms with Crippen LogP contribution in [-0.2, 0) is 0 Å². The average molecular weight is 247 g/mol. The van der Waals surface area contributed by atoms with Gasteiger partial charge in [0.15, 0.2) is 5.75 Å². The highest BCUT2D eigenvalue weighted by Crippen LogP contribution is 2.21. The molecular formula is C8H8BrFN2O. The number of hydrogen-bond acceptors (Lipinski definition) is 3. The van der Waals surface area contributed by atoms with Gasteiger partial charge in [-0.1, -0.05) is 0 Å². The highest BCUT2D eigenvalue weighted by molar-refractivity contribution is 9.10. The summed E-state index contributed by atoms with van der Waals surface area (Å²) in [6, 6.07) is 1.58. The normalized spacial score (nSPS) is 16.8. The van der Waals surface area contributed by atoms with Crippen molar-refractivity contribution < 1.29 is 9.13 Å². The van der Waals surface area contributed by atoms with Gasteiger partial charge >= 0.3 is 0 Å². The van der Waals surface area contributed by atoms with Gasteiger partial charge in [0.25, 0.3) is 5.95 Å². The fourth-order valence-electron chi connectivity index (χ4n) is 1.01. The van der Waals surface area contributed by atoms with Gasteiger partial charge in [-0.15, -0.1) is 0 Å². The third-order valence-electron chi connectivity index (χ3n) is 1.81. The van der Waals surface area contributed by atoms with E-state index in [4.69, 9.17) is 4.74 Å². The molecule has 13 heavy (non-hydrogen) atoms. The number of rotatable bonds is 2. The second-order valence-corrected chi connectivity index (χ2v) is 3.76. The van der Waals surface area contributed by atoms with E-state index in [1.54, 1.807) is 6.07 Å². The van der Waals surface area contributed by atoms with Gasteiger partial charge in [0.1, 0.15) is 6.10 Å². The van der Waals surface area contributed by atoms with Crippen molar-refractivity contribution in [3.8, 4) is 5.75 Å². The van der Waals surface area contributed by atoms with Crippen molar-refractivity contribution in [2.24, 2.45) is 0 Å². The van der Waals surface area contributed by atoms with Gasteiger partial charge in [0.05, 0.1) is 0 Å². The molecule has 1 aliphatic heterocycles. The van der Waals surface area contributed by atoms with Crippen molar-refractivity contribution in [3.05, 3.63) is 22.7 Å². The van der Waals surface area contributed by atoms with E-state index in [1.165, 1.54) is 6.20 Å². The van der Waals surface area contributed by atoms with Crippen LogP contribution >= 0.6 is 15.9 Å². The van der Waals surface area contributed by atoms with E-state index in [1.807, 2.05) is 0 Å². The van der Waals surface area contributed by atoms with E-state index in [-0.39, 0.29) is 11.9 Å². The van der Waals surface area contributed by atoms with Gasteiger partial charge in [-0.25, -0.2) is 4.98 Å². The monoisotopic (exact) mass is 246 g/mol. The van der Waals surface area contributed by atoms with Crippen LogP contribution in [0.2, 0.25) is 0 Å². The van der Waals surface area contributed by atoms with Crippen molar-refractivity contribution in [1.29, 1.82) is 0 Å². The van der Waals surface area contributed by atoms with Crippen LogP contribution in [-0.4, -0.2) is 24.2 Å². The maximum Gasteiger partial charge on any atom is 0.255 e. The number of nitrogens with one attached hydrogen (secondary N) is 1. The lowest BCUT2D eigenvalue weighted by Gasteiger charge is -2.27. The molecule has 3 nitrogen and oxygen atoms in total. The van der Waals surface area contributed by atoms with Gasteiger partial charge in [0, 0.05) is 29.8 Å². The van der Waals surface area contributed by atoms with E-state index < -0.39 is 5.95 Å². The smallest absolute Gasteiger partial charge is 0.255 e. The van der Waals surface area contributed by atoms with Crippen LogP contribution in [0.5, 0.6) is 5.75 Å². The van der Waals surface area contributed by atoms with Crippen molar-refractivity contribution in [3.63, 3.8) is 0 Å². The number of nitrogens with zero attached hydrogens (tertiary/aromatic N) is 1. The summed E-state index contributed by atoms with van der Waals surface area (Å²) in [6.45, 7) is 1.54. The van der Waals surface area contributed by atoms with Gasteiger partial charge in [-0.3, -0.25) is 0 Å². The Balaban J connectivity index is 2.13. The Labute approximate surface area is 83.4 Å². The molecule has 0 unspecified atom stereocenters. The van der Waals surface area contributed by atoms with E-state index in [9.17, 15) is 4.39 Å². The first-order valence-corrected chi connectivity index (χ1v) is 4.73. The molecule has 0 spiro atoms. The summed E-state index contributed by atoms with van der Waals surface area (Å²) in [4.78, 5) is 3.53. The summed E-state index contributed by atoms with van der Waals surface area (Å²) in [5, 5.41) is 3.04. The van der Waals surface area contributed by atoms with Crippen molar-refractivity contribution in [2.45, 2.75) is 6.10 Å². The molecule has 0 bridgehead atoms. The van der Waals surface area contributed by atoms with Crippen LogP contribution in [0.25, 0.3) is 0 Å². The Kier molecular flexibility index (Phi) is 2.46. The summed E-state index contributed by atoms with van der Waals surface area (Å²) in [5.74, 6) is -0.351. The molecule has 0 aliphatic carbocycles. The summed E-state index contributed by atoms with van der Waals surface area (Å²) in [7, 11) is 0. The van der Waals surface area contributed by atoms with Gasteiger partial charge < -0.3 is 10.1 Å². The van der Waals surface area contributed by atoms with Gasteiger partial charge in [0.2, 0.25) is 0 Å². The van der Waals surface area contributed by atoms with Crippen LogP contribution in [0.4, 0.5) is 4.39 Å². The zero-order chi connectivity index (χ0) is 9.26. The largest absolute Gasteiger partial charge is 0.483 e. The van der Waals surface area contributed by atoms with Crippen LogP contribution in [0.15, 0.2) is 16.7 Å². The summed E-state index contributed by atoms with van der Waals surface area (Å²) in [6.07, 6.45) is 1.48. The second-order valence-electron chi connectivity index (χ2n) is 2.84. The fraction of sp³-hybridized carbons (Fsp3) is 0.375. The number of halogens is 2. The number of ether oxygens (including phenoxy) is 1. The standard InChI is InChI=1S/C8H8BrFN2O/c9-5-1-7(8(10)12-2-5)13-6-3-11-4-6/h1-2,6,11H,3-4H2. The molecule has 0 aromatic carbocycles. The molecule has 0 radical (unpaired) electrons. The van der Waals surface area contributed by atoms with E-state index in [0.29, 0.717) is 0 Å². The third-order valence-corrected chi connectivity index (χ3v) is 2.24. The average Bonchev–Trinajstić information content (AvgIpc) is 2.03. The first-order chi connectivity index (χ1) is 6.25. The highest BCUT2D eigenvalue weighted by Gasteiger charge is 2.20. The topological polar surface area (TPSA) is 34.1 Å². The van der Waals surface area contributed by atoms with Gasteiger partial charge in [-0.2, -0.15) is 4.39 Å². The minimum Gasteiger partial charge on any atom is -0.483 e. The molecule has 1 aromatic heterocycles. The van der Waals surface area contributed by atoms with Crippen LogP contribution in [0.1, 0.15) is 0 Å². The van der Waals surface area contributed by atoms with E-state index >= 15 is 0 Å². The molecule has 0 saturated carbocycles. The molecule has 2 heterocycles. The lowest BCUT2D eigenvalue weighted by molar-refractivity contribution is 0.135. The number of pyridine rings is 1. The molecule has 0 atom stereocenters. The highest BCUT2D eigenvalue weighted by atomic mass is 79.9. The number of hydrogen-bond donors (Lipinski definition) is 1. The Hall–Kier alpha value is -0.680. The van der Waals surface area contributed by atoms with E-state index in [2.05, 4.69) is 26.2 Å². The van der Waals surface area contributed by atoms with Crippen LogP contribution in [0, 0.1) is 5.95 Å². The summed E-state index contributed by atoms with van der Waals surface area (Å²) < 4.78 is 19.1. The minimum atomic E-state index is -0.560. The fourth-order valence-corrected chi connectivity index (χ4v) is 1.32. The zero-order valence-corrected chi connectivity index (χ0v) is 8.34. The predicted molar refractivity (Wildman–Crippen MR) is 49.2 cm³/mol. The van der Waals surface area contributed by atoms with Crippen molar-refractivity contribution in [2.75, 3.05) is 13.1 Å². The summed E-state index contributed by atoms with van der Waals surface area (Å²) >= 11 is 3.20. The zero-order valence-electron chi connectivity index (χ0n) is 6.76. The maximum absolute atomic E-state index is 13.0. The quantitative estimate of drug-likeness (QED) is 0.800. The molecule has 70 valence electrons. The minimum absolute atomic E-state index is 0.0746. The molecule has 1 fully saturated rings. The molecule has 0 amide bonds. The number of aromatic nitrogens is 1. The third kappa shape index (κ3) is 1.97. The predicted octanol–water partition coefficient (Wildman–Crippen LogP) is 1.33. The van der Waals surface area contributed by atoms with E-state index in [0.717, 1.165) is 17.6 Å². The van der Waals surface area contributed by atoms with Crippen molar-refractivity contribution in [1.82, 2.24) is 10.3 Å². The molecule has 1 aliphatic rings. The lowest BCUT2D eigenvalue weighted by Crippen LogP contribution is -2.50. The SMILES string of the molecule is Fc1ncc(Br)cc1OC1CNC1. The lowest BCUT2D eigenvalue weighted by atomic mass is 10.2. The Morgan fingerprint density at radius 1 is 1.62 bits per heavy atom. The summed E-state index contributed by atoms with van der Waals surface area (Å²) in [5.41, 5.74) is 0. The first-order valence-electron chi connectivity index (χ1n) is 3.94. The molecule has 1 N–H and O–H groups in total. The van der Waals surface area contributed by atoms with Crippen molar-refractivity contribution >= 4 is 15.9 Å². The molecule has 1 saturated heterocycles. The Bertz CT molecular complexity index is 317. The maximum atomic E-state index is 13.0. The molecular weight excluding hydrogens is 239 g/mol. The molecule has 5 heteroatoms. The van der Waals surface area contributed by atoms with Gasteiger partial charge in [-0.05, 0) is 15.9 Å². The Morgan fingerprint density at radius 3 is 3.00 bits per heavy atom.